The third-order valence-corrected chi connectivity index (χ3v) is 9.06. The number of anilines is 1. The number of carbonyl (C=O) groups excluding carboxylic acids is 2. The molecule has 38 heavy (non-hydrogen) atoms. The van der Waals surface area contributed by atoms with Gasteiger partial charge in [0.05, 0.1) is 21.7 Å². The van der Waals surface area contributed by atoms with Crippen LogP contribution in [0.5, 0.6) is 0 Å². The lowest BCUT2D eigenvalue weighted by atomic mass is 9.96. The topological polar surface area (TPSA) is 96.3 Å². The van der Waals surface area contributed by atoms with Crippen molar-refractivity contribution in [1.82, 2.24) is 15.2 Å². The highest BCUT2D eigenvalue weighted by Gasteiger charge is 2.48. The van der Waals surface area contributed by atoms with E-state index in [9.17, 15) is 14.7 Å². The normalized spacial score (nSPS) is 16.8. The Labute approximate surface area is 245 Å². The quantitative estimate of drug-likeness (QED) is 0.0782. The lowest BCUT2D eigenvalue weighted by molar-refractivity contribution is -0.132. The Bertz CT molecular complexity index is 1600. The predicted octanol–water partition coefficient (Wildman–Crippen LogP) is 7.47. The molecule has 1 fully saturated rings. The summed E-state index contributed by atoms with van der Waals surface area (Å²) in [6.45, 7) is 0. The second-order valence-corrected chi connectivity index (χ2v) is 11.8. The molecule has 0 radical (unpaired) electrons. The van der Waals surface area contributed by atoms with Crippen molar-refractivity contribution in [3.63, 3.8) is 0 Å². The highest BCUT2D eigenvalue weighted by Crippen LogP contribution is 2.45. The molecular weight excluding hydrogens is 610 g/mol. The summed E-state index contributed by atoms with van der Waals surface area (Å²) in [5.74, 6) is -1.58. The zero-order chi connectivity index (χ0) is 27.0. The van der Waals surface area contributed by atoms with E-state index in [1.807, 2.05) is 6.07 Å². The summed E-state index contributed by atoms with van der Waals surface area (Å²) >= 11 is 27.1. The smallest absolute Gasteiger partial charge is 0.301 e. The molecule has 1 aliphatic heterocycles. The number of hydrogen-bond donors (Lipinski definition) is 1. The van der Waals surface area contributed by atoms with Gasteiger partial charge in [-0.1, -0.05) is 81.6 Å². The van der Waals surface area contributed by atoms with Gasteiger partial charge in [-0.25, -0.2) is 0 Å². The number of thioether (sulfide) groups is 1. The van der Waals surface area contributed by atoms with Gasteiger partial charge in [0.25, 0.3) is 5.78 Å². The molecule has 13 heteroatoms. The van der Waals surface area contributed by atoms with E-state index in [0.29, 0.717) is 36.3 Å². The number of nitrogens with zero attached hydrogens (tertiary/aromatic N) is 4. The fraction of sp³-hybridized carbons (Fsp3) is 0.0800. The molecule has 1 N–H and O–H groups in total. The number of aliphatic hydroxyl groups excluding tert-OH is 1. The summed E-state index contributed by atoms with van der Waals surface area (Å²) in [7, 11) is 0. The van der Waals surface area contributed by atoms with Crippen molar-refractivity contribution in [2.75, 3.05) is 4.90 Å². The van der Waals surface area contributed by atoms with Gasteiger partial charge < -0.3 is 5.11 Å². The Morgan fingerprint density at radius 3 is 2.42 bits per heavy atom. The number of halogens is 4. The van der Waals surface area contributed by atoms with Gasteiger partial charge in [0.2, 0.25) is 5.13 Å². The summed E-state index contributed by atoms with van der Waals surface area (Å²) < 4.78 is 0.551. The van der Waals surface area contributed by atoms with Crippen LogP contribution < -0.4 is 4.90 Å². The lowest BCUT2D eigenvalue weighted by Crippen LogP contribution is -2.29. The summed E-state index contributed by atoms with van der Waals surface area (Å²) in [4.78, 5) is 31.7. The summed E-state index contributed by atoms with van der Waals surface area (Å²) in [5, 5.41) is 21.3. The van der Waals surface area contributed by atoms with Crippen molar-refractivity contribution in [1.29, 1.82) is 0 Å². The van der Waals surface area contributed by atoms with Gasteiger partial charge in [-0.2, -0.15) is 0 Å². The molecule has 1 amide bonds. The molecule has 2 aromatic heterocycles. The number of carbonyl (C=O) groups is 2. The zero-order valence-electron chi connectivity index (χ0n) is 18.9. The van der Waals surface area contributed by atoms with E-state index in [2.05, 4.69) is 15.2 Å². The largest absolute Gasteiger partial charge is 0.507 e. The van der Waals surface area contributed by atoms with Crippen molar-refractivity contribution in [2.24, 2.45) is 0 Å². The van der Waals surface area contributed by atoms with Crippen molar-refractivity contribution in [3.05, 3.63) is 103 Å². The van der Waals surface area contributed by atoms with Gasteiger partial charge in [0.15, 0.2) is 4.34 Å². The zero-order valence-corrected chi connectivity index (χ0v) is 23.6. The van der Waals surface area contributed by atoms with E-state index in [4.69, 9.17) is 46.4 Å². The van der Waals surface area contributed by atoms with Crippen LogP contribution in [-0.4, -0.2) is 32.0 Å². The van der Waals surface area contributed by atoms with Gasteiger partial charge in [-0.15, -0.1) is 10.2 Å². The number of amides is 1. The van der Waals surface area contributed by atoms with Crippen LogP contribution in [0, 0.1) is 0 Å². The molecule has 0 spiro atoms. The molecule has 0 saturated carbocycles. The maximum absolute atomic E-state index is 13.3. The second kappa shape index (κ2) is 11.2. The van der Waals surface area contributed by atoms with Crippen molar-refractivity contribution >= 4 is 92.1 Å². The van der Waals surface area contributed by atoms with E-state index in [1.165, 1.54) is 41.2 Å². The van der Waals surface area contributed by atoms with Gasteiger partial charge in [0, 0.05) is 33.8 Å². The van der Waals surface area contributed by atoms with Crippen molar-refractivity contribution in [3.8, 4) is 0 Å². The van der Waals surface area contributed by atoms with Gasteiger partial charge in [-0.3, -0.25) is 19.5 Å². The average molecular weight is 624 g/mol. The molecule has 5 rings (SSSR count). The molecule has 0 aliphatic carbocycles. The average Bonchev–Trinajstić information content (AvgIpc) is 3.47. The minimum Gasteiger partial charge on any atom is -0.507 e. The van der Waals surface area contributed by atoms with Crippen molar-refractivity contribution in [2.45, 2.75) is 16.1 Å². The van der Waals surface area contributed by atoms with E-state index in [1.54, 1.807) is 30.3 Å². The minimum atomic E-state index is -1.02. The second-order valence-electron chi connectivity index (χ2n) is 7.95. The van der Waals surface area contributed by atoms with Crippen LogP contribution in [0.25, 0.3) is 5.76 Å². The van der Waals surface area contributed by atoms with Crippen LogP contribution in [0.4, 0.5) is 5.13 Å². The Morgan fingerprint density at radius 2 is 1.71 bits per heavy atom. The maximum Gasteiger partial charge on any atom is 0.301 e. The number of Topliss-reactive ketones (excluding diaryl/α,β-unsaturated/α-hetero) is 1. The highest BCUT2D eigenvalue weighted by molar-refractivity contribution is 8.00. The van der Waals surface area contributed by atoms with Crippen molar-refractivity contribution < 1.29 is 14.7 Å². The first-order valence-electron chi connectivity index (χ1n) is 10.8. The van der Waals surface area contributed by atoms with E-state index >= 15 is 0 Å². The third kappa shape index (κ3) is 5.27. The van der Waals surface area contributed by atoms with Crippen LogP contribution in [0.15, 0.2) is 70.8 Å². The molecule has 1 atom stereocenters. The first kappa shape index (κ1) is 26.9. The molecule has 1 aliphatic rings. The summed E-state index contributed by atoms with van der Waals surface area (Å²) in [6, 6.07) is 12.0. The van der Waals surface area contributed by atoms with Crippen LogP contribution in [0.3, 0.4) is 0 Å². The van der Waals surface area contributed by atoms with Gasteiger partial charge in [-0.05, 0) is 47.5 Å². The van der Waals surface area contributed by atoms with Crippen LogP contribution in [0.1, 0.15) is 22.7 Å². The predicted molar refractivity (Wildman–Crippen MR) is 151 cm³/mol. The van der Waals surface area contributed by atoms with Crippen LogP contribution in [-0.2, 0) is 15.3 Å². The fourth-order valence-corrected chi connectivity index (χ4v) is 6.56. The number of hydrogen-bond acceptors (Lipinski definition) is 8. The Morgan fingerprint density at radius 1 is 0.947 bits per heavy atom. The Hall–Kier alpha value is -2.66. The first-order valence-corrected chi connectivity index (χ1v) is 14.1. The van der Waals surface area contributed by atoms with Gasteiger partial charge >= 0.3 is 5.91 Å². The molecule has 3 heterocycles. The molecule has 2 aromatic carbocycles. The summed E-state index contributed by atoms with van der Waals surface area (Å²) in [6.07, 6.45) is 2.95. The number of aliphatic hydroxyl groups is 1. The fourth-order valence-electron chi connectivity index (χ4n) is 3.83. The van der Waals surface area contributed by atoms with Gasteiger partial charge in [0.1, 0.15) is 5.76 Å². The molecule has 1 saturated heterocycles. The molecule has 1 unspecified atom stereocenters. The van der Waals surface area contributed by atoms with E-state index in [0.717, 1.165) is 16.9 Å². The van der Waals surface area contributed by atoms with E-state index in [-0.39, 0.29) is 21.5 Å². The lowest BCUT2D eigenvalue weighted by Gasteiger charge is -2.22. The number of ketones is 1. The Balaban J connectivity index is 1.54. The number of benzene rings is 2. The molecular formula is C25H14Cl4N4O3S2. The monoisotopic (exact) mass is 622 g/mol. The van der Waals surface area contributed by atoms with Crippen LogP contribution >= 0.6 is 69.5 Å². The molecule has 192 valence electrons. The maximum atomic E-state index is 13.3. The standard InChI is InChI=1S/C25H14Cl4N4O3S2/c26-15-3-1-14(17(28)10-15)11-37-25-32-31-24(38-25)33-20(13-2-4-16(27)18(29)9-13)19(22(35)23(33)36)21(34)12-5-7-30-8-6-12/h1-10,20,34H,11H2/b21-19+. The molecule has 4 aromatic rings. The van der Waals surface area contributed by atoms with Crippen LogP contribution in [0.2, 0.25) is 20.1 Å². The Kier molecular flexibility index (Phi) is 7.95. The number of pyridine rings is 1. The molecule has 7 nitrogen and oxygen atoms in total. The minimum absolute atomic E-state index is 0.114. The first-order chi connectivity index (χ1) is 18.2. The number of aromatic nitrogens is 3. The number of rotatable bonds is 6. The third-order valence-electron chi connectivity index (χ3n) is 5.63. The van der Waals surface area contributed by atoms with E-state index < -0.39 is 17.7 Å². The highest BCUT2D eigenvalue weighted by atomic mass is 35.5. The SMILES string of the molecule is O=C1C(=O)N(c2nnc(SCc3ccc(Cl)cc3Cl)s2)C(c2ccc(Cl)c(Cl)c2)/C1=C(\O)c1ccncc1. The summed E-state index contributed by atoms with van der Waals surface area (Å²) in [5.41, 5.74) is 1.53. The molecule has 0 bridgehead atoms.